The fraction of sp³-hybridized carbons (Fsp3) is 0.250. The summed E-state index contributed by atoms with van der Waals surface area (Å²) in [6.07, 6.45) is 3.06. The van der Waals surface area contributed by atoms with Crippen LogP contribution in [-0.4, -0.2) is 21.0 Å². The Kier molecular flexibility index (Phi) is 2.56. The number of carboxylic acid groups (broad SMARTS) is 1. The lowest BCUT2D eigenvalue weighted by Gasteiger charge is -2.11. The zero-order valence-corrected chi connectivity index (χ0v) is 9.14. The van der Waals surface area contributed by atoms with Crippen LogP contribution < -0.4 is 0 Å². The van der Waals surface area contributed by atoms with Crippen molar-refractivity contribution in [2.75, 3.05) is 0 Å². The number of carbonyl (C=O) groups is 1. The predicted molar refractivity (Wildman–Crippen MR) is 60.6 cm³/mol. The van der Waals surface area contributed by atoms with Crippen LogP contribution in [0.25, 0.3) is 11.0 Å². The molecule has 0 fully saturated rings. The van der Waals surface area contributed by atoms with Gasteiger partial charge < -0.3 is 5.11 Å². The van der Waals surface area contributed by atoms with Crippen LogP contribution >= 0.6 is 0 Å². The third kappa shape index (κ3) is 1.62. The summed E-state index contributed by atoms with van der Waals surface area (Å²) in [5.74, 6) is -0.852. The van der Waals surface area contributed by atoms with Gasteiger partial charge in [0.25, 0.3) is 0 Å². The maximum atomic E-state index is 11.1. The molecule has 1 N–H and O–H groups in total. The molecule has 16 heavy (non-hydrogen) atoms. The van der Waals surface area contributed by atoms with Crippen LogP contribution in [0, 0.1) is 0 Å². The summed E-state index contributed by atoms with van der Waals surface area (Å²) in [4.78, 5) is 19.4. The SMILES string of the molecule is CC(C)c1c(C(=O)O)cnc2cccnc12. The number of hydrogen-bond acceptors (Lipinski definition) is 3. The minimum atomic E-state index is -0.955. The van der Waals surface area contributed by atoms with Crippen LogP contribution in [0.2, 0.25) is 0 Å². The smallest absolute Gasteiger partial charge is 0.337 e. The molecule has 0 unspecified atom stereocenters. The lowest BCUT2D eigenvalue weighted by atomic mass is 9.97. The number of hydrogen-bond donors (Lipinski definition) is 1. The Morgan fingerprint density at radius 3 is 2.75 bits per heavy atom. The Morgan fingerprint density at radius 1 is 1.38 bits per heavy atom. The molecule has 2 aromatic heterocycles. The molecule has 0 atom stereocenters. The summed E-state index contributed by atoms with van der Waals surface area (Å²) in [6.45, 7) is 3.91. The van der Waals surface area contributed by atoms with E-state index >= 15 is 0 Å². The van der Waals surface area contributed by atoms with Crippen molar-refractivity contribution in [2.24, 2.45) is 0 Å². The van der Waals surface area contributed by atoms with Crippen molar-refractivity contribution < 1.29 is 9.90 Å². The molecule has 0 bridgehead atoms. The van der Waals surface area contributed by atoms with E-state index in [0.717, 1.165) is 11.1 Å². The van der Waals surface area contributed by atoms with E-state index in [1.165, 1.54) is 6.20 Å². The van der Waals surface area contributed by atoms with Gasteiger partial charge in [-0.15, -0.1) is 0 Å². The Morgan fingerprint density at radius 2 is 2.12 bits per heavy atom. The van der Waals surface area contributed by atoms with E-state index in [4.69, 9.17) is 5.11 Å². The number of aromatic carboxylic acids is 1. The number of nitrogens with zero attached hydrogens (tertiary/aromatic N) is 2. The van der Waals surface area contributed by atoms with E-state index in [1.807, 2.05) is 19.9 Å². The second kappa shape index (κ2) is 3.89. The van der Waals surface area contributed by atoms with Crippen LogP contribution in [0.5, 0.6) is 0 Å². The third-order valence-electron chi connectivity index (χ3n) is 2.47. The van der Waals surface area contributed by atoms with Crippen molar-refractivity contribution in [1.29, 1.82) is 0 Å². The van der Waals surface area contributed by atoms with Gasteiger partial charge in [-0.2, -0.15) is 0 Å². The fourth-order valence-corrected chi connectivity index (χ4v) is 1.79. The number of aromatic nitrogens is 2. The van der Waals surface area contributed by atoms with E-state index in [-0.39, 0.29) is 11.5 Å². The molecule has 4 nitrogen and oxygen atoms in total. The van der Waals surface area contributed by atoms with E-state index < -0.39 is 5.97 Å². The van der Waals surface area contributed by atoms with Gasteiger partial charge in [-0.3, -0.25) is 9.97 Å². The van der Waals surface area contributed by atoms with Crippen LogP contribution in [-0.2, 0) is 0 Å². The zero-order valence-electron chi connectivity index (χ0n) is 9.14. The van der Waals surface area contributed by atoms with E-state index in [2.05, 4.69) is 9.97 Å². The molecule has 0 aliphatic heterocycles. The molecule has 0 radical (unpaired) electrons. The highest BCUT2D eigenvalue weighted by Crippen LogP contribution is 2.25. The lowest BCUT2D eigenvalue weighted by molar-refractivity contribution is 0.0695. The van der Waals surface area contributed by atoms with Crippen molar-refractivity contribution in [3.8, 4) is 0 Å². The largest absolute Gasteiger partial charge is 0.478 e. The topological polar surface area (TPSA) is 63.1 Å². The van der Waals surface area contributed by atoms with Crippen molar-refractivity contribution in [2.45, 2.75) is 19.8 Å². The first-order chi connectivity index (χ1) is 7.61. The molecule has 0 saturated carbocycles. The monoisotopic (exact) mass is 216 g/mol. The summed E-state index contributed by atoms with van der Waals surface area (Å²) in [5, 5.41) is 9.11. The van der Waals surface area contributed by atoms with Crippen LogP contribution in [0.4, 0.5) is 0 Å². The van der Waals surface area contributed by atoms with Crippen molar-refractivity contribution in [3.63, 3.8) is 0 Å². The molecule has 0 saturated heterocycles. The van der Waals surface area contributed by atoms with Gasteiger partial charge in [0.2, 0.25) is 0 Å². The van der Waals surface area contributed by atoms with Gasteiger partial charge >= 0.3 is 5.97 Å². The Hall–Kier alpha value is -1.97. The van der Waals surface area contributed by atoms with E-state index in [0.29, 0.717) is 5.52 Å². The maximum Gasteiger partial charge on any atom is 0.337 e. The first kappa shape index (κ1) is 10.5. The number of pyridine rings is 2. The van der Waals surface area contributed by atoms with Gasteiger partial charge in [-0.1, -0.05) is 13.8 Å². The van der Waals surface area contributed by atoms with Crippen molar-refractivity contribution >= 4 is 17.0 Å². The molecule has 2 aromatic rings. The number of carboxylic acids is 1. The average Bonchev–Trinajstić information content (AvgIpc) is 2.27. The second-order valence-electron chi connectivity index (χ2n) is 3.92. The van der Waals surface area contributed by atoms with Crippen LogP contribution in [0.1, 0.15) is 35.7 Å². The molecule has 2 heterocycles. The molecule has 0 spiro atoms. The lowest BCUT2D eigenvalue weighted by Crippen LogP contribution is -2.06. The first-order valence-corrected chi connectivity index (χ1v) is 5.08. The molecule has 0 amide bonds. The van der Waals surface area contributed by atoms with Gasteiger partial charge in [0.15, 0.2) is 0 Å². The maximum absolute atomic E-state index is 11.1. The van der Waals surface area contributed by atoms with Crippen LogP contribution in [0.3, 0.4) is 0 Å². The summed E-state index contributed by atoms with van der Waals surface area (Å²) in [7, 11) is 0. The number of rotatable bonds is 2. The highest BCUT2D eigenvalue weighted by molar-refractivity contribution is 5.94. The van der Waals surface area contributed by atoms with Gasteiger partial charge in [-0.25, -0.2) is 4.79 Å². The normalized spacial score (nSPS) is 10.9. The molecule has 2 rings (SSSR count). The van der Waals surface area contributed by atoms with Gasteiger partial charge in [0.1, 0.15) is 0 Å². The van der Waals surface area contributed by atoms with Gasteiger partial charge in [-0.05, 0) is 23.6 Å². The third-order valence-corrected chi connectivity index (χ3v) is 2.47. The molecule has 4 heteroatoms. The predicted octanol–water partition coefficient (Wildman–Crippen LogP) is 2.45. The van der Waals surface area contributed by atoms with Gasteiger partial charge in [0, 0.05) is 12.4 Å². The standard InChI is InChI=1S/C12H12N2O2/c1-7(2)10-8(12(15)16)6-14-9-4-3-5-13-11(9)10/h3-7H,1-2H3,(H,15,16). The number of fused-ring (bicyclic) bond motifs is 1. The van der Waals surface area contributed by atoms with Gasteiger partial charge in [0.05, 0.1) is 16.6 Å². The molecular formula is C12H12N2O2. The highest BCUT2D eigenvalue weighted by Gasteiger charge is 2.17. The quantitative estimate of drug-likeness (QED) is 0.837. The summed E-state index contributed by atoms with van der Waals surface area (Å²) in [5.41, 5.74) is 2.40. The zero-order chi connectivity index (χ0) is 11.7. The molecule has 0 aliphatic rings. The fourth-order valence-electron chi connectivity index (χ4n) is 1.79. The Balaban J connectivity index is 2.84. The van der Waals surface area contributed by atoms with Crippen molar-refractivity contribution in [1.82, 2.24) is 9.97 Å². The molecule has 82 valence electrons. The highest BCUT2D eigenvalue weighted by atomic mass is 16.4. The molecule has 0 aliphatic carbocycles. The average molecular weight is 216 g/mol. The minimum absolute atomic E-state index is 0.103. The molecule has 0 aromatic carbocycles. The second-order valence-corrected chi connectivity index (χ2v) is 3.92. The summed E-state index contributed by atoms with van der Waals surface area (Å²) in [6, 6.07) is 3.62. The van der Waals surface area contributed by atoms with Crippen molar-refractivity contribution in [3.05, 3.63) is 35.7 Å². The van der Waals surface area contributed by atoms with E-state index in [9.17, 15) is 4.79 Å². The molecular weight excluding hydrogens is 204 g/mol. The van der Waals surface area contributed by atoms with E-state index in [1.54, 1.807) is 12.3 Å². The van der Waals surface area contributed by atoms with Crippen LogP contribution in [0.15, 0.2) is 24.5 Å². The Bertz CT molecular complexity index is 550. The minimum Gasteiger partial charge on any atom is -0.478 e. The summed E-state index contributed by atoms with van der Waals surface area (Å²) < 4.78 is 0. The summed E-state index contributed by atoms with van der Waals surface area (Å²) >= 11 is 0. The first-order valence-electron chi connectivity index (χ1n) is 5.08. The Labute approximate surface area is 93.0 Å².